The van der Waals surface area contributed by atoms with E-state index in [0.717, 1.165) is 6.42 Å². The third-order valence-corrected chi connectivity index (χ3v) is 15.6. The number of esters is 1. The average Bonchev–Trinajstić information content (AvgIpc) is 3.10. The van der Waals surface area contributed by atoms with Gasteiger partial charge in [-0.05, 0) is 44.9 Å². The predicted molar refractivity (Wildman–Crippen MR) is 229 cm³/mol. The summed E-state index contributed by atoms with van der Waals surface area (Å²) >= 11 is 6.72. The summed E-state index contributed by atoms with van der Waals surface area (Å²) < 4.78 is 5.41. The van der Waals surface area contributed by atoms with E-state index in [2.05, 4.69) is 76.8 Å². The molecule has 0 heterocycles. The first-order chi connectivity index (χ1) is 24.3. The lowest BCUT2D eigenvalue weighted by atomic mass is 10.1. The van der Waals surface area contributed by atoms with Crippen LogP contribution in [-0.2, 0) is 9.53 Å². The molecule has 2 N–H and O–H groups in total. The summed E-state index contributed by atoms with van der Waals surface area (Å²) in [5.74, 6) is -0.238. The highest BCUT2D eigenvalue weighted by Gasteiger charge is 2.40. The number of carbonyl (C=O) groups excluding carboxylic acids is 1. The van der Waals surface area contributed by atoms with Crippen LogP contribution in [0.25, 0.3) is 0 Å². The maximum Gasteiger partial charge on any atom is 0.305 e. The van der Waals surface area contributed by atoms with Crippen LogP contribution < -0.4 is 0 Å². The van der Waals surface area contributed by atoms with E-state index in [-0.39, 0.29) is 22.6 Å². The highest BCUT2D eigenvalue weighted by Crippen LogP contribution is 2.58. The van der Waals surface area contributed by atoms with Crippen molar-refractivity contribution in [1.82, 2.24) is 0 Å². The molecule has 0 aliphatic carbocycles. The Hall–Kier alpha value is 0.440. The minimum atomic E-state index is -1.01. The first kappa shape index (κ1) is 50.4. The van der Waals surface area contributed by atoms with Gasteiger partial charge in [-0.3, -0.25) is 4.79 Å². The Morgan fingerprint density at radius 2 is 0.860 bits per heavy atom. The van der Waals surface area contributed by atoms with Gasteiger partial charge in [0.25, 0.3) is 0 Å². The standard InChI is InChI=1S/C43H86O4S3/c1-7-13-16-19-22-25-31-39(28-10-4)48-43(35-34-42(46)47-37-38(45)36-44,49-40(29-11-5)32-26-23-20-17-14-8-2)50-41(30-12-6)33-27-24-21-18-15-9-3/h38-41,44-45H,7-37H2,1-6H3. The van der Waals surface area contributed by atoms with Crippen LogP contribution in [-0.4, -0.2) is 54.7 Å². The molecule has 0 aromatic heterocycles. The van der Waals surface area contributed by atoms with Gasteiger partial charge in [-0.1, -0.05) is 176 Å². The van der Waals surface area contributed by atoms with Crippen LogP contribution in [0.3, 0.4) is 0 Å². The van der Waals surface area contributed by atoms with Crippen LogP contribution >= 0.6 is 35.3 Å². The van der Waals surface area contributed by atoms with E-state index in [1.165, 1.54) is 173 Å². The van der Waals surface area contributed by atoms with Crippen LogP contribution in [0.1, 0.15) is 228 Å². The summed E-state index contributed by atoms with van der Waals surface area (Å²) in [5, 5.41) is 21.0. The van der Waals surface area contributed by atoms with Crippen molar-refractivity contribution >= 4 is 41.3 Å². The number of thioether (sulfide) groups is 3. The number of carbonyl (C=O) groups is 1. The largest absolute Gasteiger partial charge is 0.463 e. The van der Waals surface area contributed by atoms with Crippen LogP contribution in [0.4, 0.5) is 0 Å². The lowest BCUT2D eigenvalue weighted by Gasteiger charge is -2.40. The second-order valence-corrected chi connectivity index (χ2v) is 20.5. The molecule has 4 atom stereocenters. The summed E-state index contributed by atoms with van der Waals surface area (Å²) in [6.07, 6.45) is 35.3. The number of unbranched alkanes of at least 4 members (excludes halogenated alkanes) is 15. The Labute approximate surface area is 325 Å². The molecule has 300 valence electrons. The number of ether oxygens (including phenoxy) is 1. The van der Waals surface area contributed by atoms with Crippen molar-refractivity contribution < 1.29 is 19.7 Å². The van der Waals surface area contributed by atoms with E-state index in [1.54, 1.807) is 0 Å². The second-order valence-electron chi connectivity index (χ2n) is 15.0. The van der Waals surface area contributed by atoms with Gasteiger partial charge in [0.1, 0.15) is 16.1 Å². The van der Waals surface area contributed by atoms with Crippen molar-refractivity contribution in [3.8, 4) is 0 Å². The topological polar surface area (TPSA) is 66.8 Å². The first-order valence-electron chi connectivity index (χ1n) is 21.8. The Morgan fingerprint density at radius 3 is 1.18 bits per heavy atom. The van der Waals surface area contributed by atoms with Gasteiger partial charge in [-0.2, -0.15) is 0 Å². The van der Waals surface area contributed by atoms with Gasteiger partial charge >= 0.3 is 5.97 Å². The molecule has 0 amide bonds. The first-order valence-corrected chi connectivity index (χ1v) is 24.4. The Morgan fingerprint density at radius 1 is 0.520 bits per heavy atom. The van der Waals surface area contributed by atoms with Crippen molar-refractivity contribution in [1.29, 1.82) is 0 Å². The molecule has 0 saturated heterocycles. The molecule has 0 aliphatic rings. The van der Waals surface area contributed by atoms with E-state index in [9.17, 15) is 15.0 Å². The summed E-state index contributed by atoms with van der Waals surface area (Å²) in [7, 11) is 0. The molecule has 0 bridgehead atoms. The monoisotopic (exact) mass is 763 g/mol. The molecular weight excluding hydrogens is 677 g/mol. The molecule has 0 radical (unpaired) electrons. The van der Waals surface area contributed by atoms with Crippen LogP contribution in [0.5, 0.6) is 0 Å². The smallest absolute Gasteiger partial charge is 0.305 e. The third-order valence-electron chi connectivity index (χ3n) is 9.79. The number of aliphatic hydroxyl groups excluding tert-OH is 2. The molecule has 50 heavy (non-hydrogen) atoms. The SMILES string of the molecule is CCCCCCCCC(CCC)SC(CCC(=O)OCC(O)CO)(SC(CCC)CCCCCCCC)SC(CCC)CCCCCCCC. The highest BCUT2D eigenvalue weighted by atomic mass is 32.3. The molecule has 0 aromatic rings. The van der Waals surface area contributed by atoms with Crippen molar-refractivity contribution in [3.63, 3.8) is 0 Å². The third kappa shape index (κ3) is 28.9. The maximum atomic E-state index is 13.2. The van der Waals surface area contributed by atoms with Crippen molar-refractivity contribution in [2.45, 2.75) is 253 Å². The fourth-order valence-electron chi connectivity index (χ4n) is 6.80. The van der Waals surface area contributed by atoms with E-state index in [1.807, 2.05) is 0 Å². The van der Waals surface area contributed by atoms with Crippen LogP contribution in [0, 0.1) is 0 Å². The van der Waals surface area contributed by atoms with Gasteiger partial charge in [-0.15, -0.1) is 35.3 Å². The van der Waals surface area contributed by atoms with Crippen molar-refractivity contribution in [3.05, 3.63) is 0 Å². The number of rotatable bonds is 39. The highest BCUT2D eigenvalue weighted by molar-refractivity contribution is 8.34. The van der Waals surface area contributed by atoms with Gasteiger partial charge in [0.2, 0.25) is 0 Å². The maximum absolute atomic E-state index is 13.2. The van der Waals surface area contributed by atoms with Crippen LogP contribution in [0.15, 0.2) is 0 Å². The number of hydrogen-bond donors (Lipinski definition) is 2. The summed E-state index contributed by atoms with van der Waals surface area (Å²) in [5.41, 5.74) is 0. The molecule has 0 aromatic carbocycles. The van der Waals surface area contributed by atoms with Gasteiger partial charge < -0.3 is 14.9 Å². The zero-order chi connectivity index (χ0) is 37.1. The molecule has 0 spiro atoms. The number of hydrogen-bond acceptors (Lipinski definition) is 7. The molecule has 4 unspecified atom stereocenters. The normalized spacial score (nSPS) is 15.4. The Balaban J connectivity index is 6.34. The zero-order valence-corrected chi connectivity index (χ0v) is 36.6. The van der Waals surface area contributed by atoms with Crippen LogP contribution in [0.2, 0.25) is 0 Å². The minimum Gasteiger partial charge on any atom is -0.463 e. The van der Waals surface area contributed by atoms with E-state index in [0.29, 0.717) is 22.2 Å². The molecule has 0 fully saturated rings. The fraction of sp³-hybridized carbons (Fsp3) is 0.977. The molecule has 0 aliphatic heterocycles. The van der Waals surface area contributed by atoms with Gasteiger partial charge in [0, 0.05) is 22.2 Å². The summed E-state index contributed by atoms with van der Waals surface area (Å²) in [4.78, 5) is 13.2. The van der Waals surface area contributed by atoms with E-state index in [4.69, 9.17) is 4.74 Å². The van der Waals surface area contributed by atoms with Gasteiger partial charge in [0.05, 0.1) is 6.61 Å². The predicted octanol–water partition coefficient (Wildman–Crippen LogP) is 14.3. The number of aliphatic hydroxyl groups is 2. The minimum absolute atomic E-state index is 0.0965. The average molecular weight is 763 g/mol. The van der Waals surface area contributed by atoms with E-state index >= 15 is 0 Å². The molecule has 0 rings (SSSR count). The summed E-state index contributed by atoms with van der Waals surface area (Å²) in [6, 6.07) is 0. The summed E-state index contributed by atoms with van der Waals surface area (Å²) in [6.45, 7) is 13.4. The van der Waals surface area contributed by atoms with Gasteiger partial charge in [-0.25, -0.2) is 0 Å². The molecule has 0 saturated carbocycles. The Kier molecular flexibility index (Phi) is 36.7. The quantitative estimate of drug-likeness (QED) is 0.0367. The molecule has 7 heteroatoms. The zero-order valence-electron chi connectivity index (χ0n) is 34.2. The Bertz CT molecular complexity index is 655. The fourth-order valence-corrected chi connectivity index (χ4v) is 14.0. The lowest BCUT2D eigenvalue weighted by molar-refractivity contribution is -0.147. The molecular formula is C43H86O4S3. The molecule has 4 nitrogen and oxygen atoms in total. The second kappa shape index (κ2) is 36.4. The lowest BCUT2D eigenvalue weighted by Crippen LogP contribution is -2.29. The van der Waals surface area contributed by atoms with Crippen molar-refractivity contribution in [2.24, 2.45) is 0 Å². The van der Waals surface area contributed by atoms with Crippen molar-refractivity contribution in [2.75, 3.05) is 13.2 Å². The van der Waals surface area contributed by atoms with Gasteiger partial charge in [0.15, 0.2) is 0 Å². The van der Waals surface area contributed by atoms with E-state index < -0.39 is 6.10 Å².